The zero-order valence-corrected chi connectivity index (χ0v) is 17.2. The molecule has 0 fully saturated rings. The zero-order valence-electron chi connectivity index (χ0n) is 16.4. The first-order valence-corrected chi connectivity index (χ1v) is 11.2. The minimum Gasteiger partial charge on any atom is -0.352 e. The van der Waals surface area contributed by atoms with Gasteiger partial charge in [-0.3, -0.25) is 9.10 Å². The number of nitrogens with one attached hydrogen (secondary N) is 1. The molecule has 0 aliphatic carbocycles. The van der Waals surface area contributed by atoms with Gasteiger partial charge in [-0.25, -0.2) is 12.8 Å². The molecule has 1 N–H and O–H groups in total. The van der Waals surface area contributed by atoms with E-state index in [9.17, 15) is 17.6 Å². The van der Waals surface area contributed by atoms with Crippen LogP contribution in [0.25, 0.3) is 0 Å². The monoisotopic (exact) mass is 406 g/mol. The molecular weight excluding hydrogens is 379 g/mol. The number of para-hydroxylation sites is 1. The zero-order chi connectivity index (χ0) is 20.7. The topological polar surface area (TPSA) is 66.5 Å². The third-order valence-electron chi connectivity index (χ3n) is 4.52. The second-order valence-electron chi connectivity index (χ2n) is 6.87. The number of hydrogen-bond donors (Lipinski definition) is 1. The molecule has 0 bridgehead atoms. The van der Waals surface area contributed by atoms with Crippen LogP contribution in [-0.4, -0.2) is 32.7 Å². The second-order valence-corrected chi connectivity index (χ2v) is 8.73. The predicted molar refractivity (Wildman–Crippen MR) is 110 cm³/mol. The van der Waals surface area contributed by atoms with Crippen molar-refractivity contribution < 1.29 is 17.6 Å². The number of anilines is 1. The van der Waals surface area contributed by atoms with Crippen LogP contribution in [0, 0.1) is 5.82 Å². The van der Waals surface area contributed by atoms with E-state index in [0.29, 0.717) is 6.42 Å². The molecular formula is C21H27FN2O3S. The van der Waals surface area contributed by atoms with E-state index in [2.05, 4.69) is 5.32 Å². The summed E-state index contributed by atoms with van der Waals surface area (Å²) in [7, 11) is -3.86. The summed E-state index contributed by atoms with van der Waals surface area (Å²) in [6.07, 6.45) is 2.71. The number of aryl methyl sites for hydroxylation is 1. The molecule has 28 heavy (non-hydrogen) atoms. The Balaban J connectivity index is 2.14. The van der Waals surface area contributed by atoms with Crippen molar-refractivity contribution in [3.8, 4) is 0 Å². The molecule has 2 atom stereocenters. The highest BCUT2D eigenvalue weighted by Crippen LogP contribution is 2.25. The van der Waals surface area contributed by atoms with E-state index in [-0.39, 0.29) is 18.2 Å². The number of sulfonamides is 1. The lowest BCUT2D eigenvalue weighted by atomic mass is 10.1. The van der Waals surface area contributed by atoms with Crippen molar-refractivity contribution in [3.05, 3.63) is 66.0 Å². The lowest BCUT2D eigenvalue weighted by molar-refractivity contribution is -0.122. The molecule has 0 aliphatic heterocycles. The molecule has 0 aliphatic rings. The lowest BCUT2D eigenvalue weighted by Gasteiger charge is -2.31. The maximum Gasteiger partial charge on any atom is 0.244 e. The fraction of sp³-hybridized carbons (Fsp3) is 0.381. The maximum atomic E-state index is 14.3. The van der Waals surface area contributed by atoms with Gasteiger partial charge in [0.15, 0.2) is 0 Å². The van der Waals surface area contributed by atoms with Crippen LogP contribution in [0.15, 0.2) is 54.6 Å². The Bertz CT molecular complexity index is 888. The number of nitrogens with zero attached hydrogens (tertiary/aromatic N) is 1. The van der Waals surface area contributed by atoms with Gasteiger partial charge in [0.05, 0.1) is 11.9 Å². The van der Waals surface area contributed by atoms with Crippen molar-refractivity contribution in [1.29, 1.82) is 0 Å². The first-order chi connectivity index (χ1) is 13.2. The van der Waals surface area contributed by atoms with E-state index in [1.807, 2.05) is 37.3 Å². The van der Waals surface area contributed by atoms with Gasteiger partial charge in [0, 0.05) is 6.04 Å². The second kappa shape index (κ2) is 9.68. The van der Waals surface area contributed by atoms with Crippen LogP contribution in [-0.2, 0) is 21.2 Å². The average molecular weight is 407 g/mol. The van der Waals surface area contributed by atoms with Gasteiger partial charge in [0.1, 0.15) is 11.9 Å². The SMILES string of the molecule is CC[C@@H](C(=O)N[C@@H](C)CCc1ccccc1)N(c1ccccc1F)S(C)(=O)=O. The van der Waals surface area contributed by atoms with Crippen molar-refractivity contribution in [1.82, 2.24) is 5.32 Å². The van der Waals surface area contributed by atoms with Gasteiger partial charge in [0.2, 0.25) is 15.9 Å². The number of carbonyl (C=O) groups is 1. The number of hydrogen-bond acceptors (Lipinski definition) is 3. The van der Waals surface area contributed by atoms with Crippen LogP contribution < -0.4 is 9.62 Å². The maximum absolute atomic E-state index is 14.3. The van der Waals surface area contributed by atoms with Crippen molar-refractivity contribution >= 4 is 21.6 Å². The Kier molecular flexibility index (Phi) is 7.57. The van der Waals surface area contributed by atoms with Crippen molar-refractivity contribution in [2.75, 3.05) is 10.6 Å². The Morgan fingerprint density at radius 2 is 1.71 bits per heavy atom. The average Bonchev–Trinajstić information content (AvgIpc) is 2.65. The van der Waals surface area contributed by atoms with E-state index >= 15 is 0 Å². The molecule has 2 aromatic carbocycles. The van der Waals surface area contributed by atoms with Crippen LogP contribution in [0.5, 0.6) is 0 Å². The Morgan fingerprint density at radius 3 is 2.29 bits per heavy atom. The molecule has 5 nitrogen and oxygen atoms in total. The van der Waals surface area contributed by atoms with Crippen molar-refractivity contribution in [2.45, 2.75) is 45.2 Å². The highest BCUT2D eigenvalue weighted by Gasteiger charge is 2.33. The summed E-state index contributed by atoms with van der Waals surface area (Å²) in [6.45, 7) is 3.58. The van der Waals surface area contributed by atoms with Gasteiger partial charge in [0.25, 0.3) is 0 Å². The number of halogens is 1. The fourth-order valence-electron chi connectivity index (χ4n) is 3.10. The van der Waals surface area contributed by atoms with Crippen LogP contribution >= 0.6 is 0 Å². The predicted octanol–water partition coefficient (Wildman–Crippen LogP) is 3.51. The highest BCUT2D eigenvalue weighted by molar-refractivity contribution is 7.92. The van der Waals surface area contributed by atoms with Gasteiger partial charge < -0.3 is 5.32 Å². The summed E-state index contributed by atoms with van der Waals surface area (Å²) < 4.78 is 39.9. The molecule has 2 aromatic rings. The molecule has 0 aromatic heterocycles. The van der Waals surface area contributed by atoms with E-state index in [0.717, 1.165) is 17.0 Å². The highest BCUT2D eigenvalue weighted by atomic mass is 32.2. The van der Waals surface area contributed by atoms with Crippen LogP contribution in [0.2, 0.25) is 0 Å². The summed E-state index contributed by atoms with van der Waals surface area (Å²) >= 11 is 0. The minimum absolute atomic E-state index is 0.121. The summed E-state index contributed by atoms with van der Waals surface area (Å²) in [6, 6.07) is 14.3. The number of amides is 1. The van der Waals surface area contributed by atoms with Gasteiger partial charge >= 0.3 is 0 Å². The normalized spacial score (nSPS) is 13.6. The smallest absolute Gasteiger partial charge is 0.244 e. The summed E-state index contributed by atoms with van der Waals surface area (Å²) in [5.74, 6) is -1.12. The molecule has 0 radical (unpaired) electrons. The number of carbonyl (C=O) groups excluding carboxylic acids is 1. The van der Waals surface area contributed by atoms with Crippen LogP contribution in [0.3, 0.4) is 0 Å². The fourth-order valence-corrected chi connectivity index (χ4v) is 4.32. The Morgan fingerprint density at radius 1 is 1.11 bits per heavy atom. The largest absolute Gasteiger partial charge is 0.352 e. The lowest BCUT2D eigenvalue weighted by Crippen LogP contribution is -2.51. The quantitative estimate of drug-likeness (QED) is 0.693. The molecule has 0 spiro atoms. The third kappa shape index (κ3) is 5.79. The van der Waals surface area contributed by atoms with Gasteiger partial charge in [-0.2, -0.15) is 0 Å². The Labute approximate surface area is 166 Å². The summed E-state index contributed by atoms with van der Waals surface area (Å²) in [5, 5.41) is 2.88. The summed E-state index contributed by atoms with van der Waals surface area (Å²) in [4.78, 5) is 12.8. The first kappa shape index (κ1) is 21.9. The van der Waals surface area contributed by atoms with E-state index in [1.165, 1.54) is 23.8 Å². The minimum atomic E-state index is -3.86. The van der Waals surface area contributed by atoms with Crippen LogP contribution in [0.4, 0.5) is 10.1 Å². The summed E-state index contributed by atoms with van der Waals surface area (Å²) in [5.41, 5.74) is 1.05. The molecule has 0 unspecified atom stereocenters. The number of rotatable bonds is 9. The molecule has 1 amide bonds. The molecule has 2 rings (SSSR count). The first-order valence-electron chi connectivity index (χ1n) is 9.32. The Hall–Kier alpha value is -2.41. The van der Waals surface area contributed by atoms with E-state index < -0.39 is 27.8 Å². The molecule has 7 heteroatoms. The van der Waals surface area contributed by atoms with Crippen LogP contribution in [0.1, 0.15) is 32.3 Å². The standard InChI is InChI=1S/C21H27FN2O3S/c1-4-19(24(28(3,26)27)20-13-9-8-12-18(20)22)21(25)23-16(2)14-15-17-10-6-5-7-11-17/h5-13,16,19H,4,14-15H2,1-3H3,(H,23,25)/t16-,19-/m0/s1. The van der Waals surface area contributed by atoms with Gasteiger partial charge in [-0.15, -0.1) is 0 Å². The molecule has 0 saturated heterocycles. The van der Waals surface area contributed by atoms with E-state index in [1.54, 1.807) is 13.0 Å². The van der Waals surface area contributed by atoms with Crippen molar-refractivity contribution in [3.63, 3.8) is 0 Å². The van der Waals surface area contributed by atoms with Gasteiger partial charge in [-0.05, 0) is 43.9 Å². The molecule has 0 heterocycles. The molecule has 0 saturated carbocycles. The van der Waals surface area contributed by atoms with Crippen molar-refractivity contribution in [2.24, 2.45) is 0 Å². The molecule has 152 valence electrons. The third-order valence-corrected chi connectivity index (χ3v) is 5.68. The van der Waals surface area contributed by atoms with E-state index in [4.69, 9.17) is 0 Å². The van der Waals surface area contributed by atoms with Gasteiger partial charge in [-0.1, -0.05) is 49.4 Å². The number of benzene rings is 2.